The van der Waals surface area contributed by atoms with E-state index in [0.717, 1.165) is 6.33 Å². The largest absolute Gasteiger partial charge is 0.394 e. The number of aliphatic hydroxyl groups is 3. The number of aliphatic hydroxyl groups excluding tert-OH is 3. The van der Waals surface area contributed by atoms with E-state index in [1.54, 1.807) is 0 Å². The van der Waals surface area contributed by atoms with Crippen molar-refractivity contribution in [2.24, 2.45) is 0 Å². The van der Waals surface area contributed by atoms with Crippen LogP contribution in [0.2, 0.25) is 0 Å². The summed E-state index contributed by atoms with van der Waals surface area (Å²) in [6.07, 6.45) is -3.25. The van der Waals surface area contributed by atoms with Crippen LogP contribution in [0.25, 0.3) is 0 Å². The molecule has 4 atom stereocenters. The molecule has 1 saturated heterocycles. The summed E-state index contributed by atoms with van der Waals surface area (Å²) >= 11 is 4.87. The van der Waals surface area contributed by atoms with E-state index in [2.05, 4.69) is 9.97 Å². The molecule has 0 saturated carbocycles. The summed E-state index contributed by atoms with van der Waals surface area (Å²) in [5.41, 5.74) is -0.613. The van der Waals surface area contributed by atoms with E-state index in [4.69, 9.17) is 22.1 Å². The first-order valence-electron chi connectivity index (χ1n) is 4.84. The summed E-state index contributed by atoms with van der Waals surface area (Å²) in [5, 5.41) is 28.2. The standard InChI is InChI=1S/C8H11N3O5S/c12-1-3-4(13)5(14)6(16-3)11-2-9-7(15)10-8(11)17/h2-6,12-14H,1H2,(H,10,15,17)/t3-,4?,5?,6-/m0/s1. The molecule has 0 aromatic carbocycles. The molecule has 1 aliphatic rings. The second-order valence-corrected chi connectivity index (χ2v) is 4.00. The van der Waals surface area contributed by atoms with Gasteiger partial charge in [0.05, 0.1) is 6.61 Å². The topological polar surface area (TPSA) is 121 Å². The Morgan fingerprint density at radius 2 is 2.24 bits per heavy atom. The second kappa shape index (κ2) is 4.63. The van der Waals surface area contributed by atoms with Gasteiger partial charge in [0.2, 0.25) is 0 Å². The van der Waals surface area contributed by atoms with E-state index in [1.165, 1.54) is 4.57 Å². The highest BCUT2D eigenvalue weighted by Gasteiger charge is 2.43. The third-order valence-electron chi connectivity index (χ3n) is 2.54. The number of nitrogens with one attached hydrogen (secondary N) is 1. The molecular formula is C8H11N3O5S. The van der Waals surface area contributed by atoms with Crippen LogP contribution in [0.4, 0.5) is 0 Å². The molecule has 1 fully saturated rings. The van der Waals surface area contributed by atoms with Gasteiger partial charge in [-0.25, -0.2) is 4.79 Å². The van der Waals surface area contributed by atoms with Crippen molar-refractivity contribution in [2.45, 2.75) is 24.5 Å². The Balaban J connectivity index is 2.35. The predicted molar refractivity (Wildman–Crippen MR) is 56.7 cm³/mol. The Morgan fingerprint density at radius 3 is 2.76 bits per heavy atom. The molecule has 8 nitrogen and oxygen atoms in total. The third-order valence-corrected chi connectivity index (χ3v) is 2.85. The molecule has 0 aliphatic carbocycles. The van der Waals surface area contributed by atoms with Crippen molar-refractivity contribution in [2.75, 3.05) is 6.61 Å². The maximum atomic E-state index is 10.9. The van der Waals surface area contributed by atoms with Crippen molar-refractivity contribution in [1.82, 2.24) is 14.5 Å². The van der Waals surface area contributed by atoms with Crippen molar-refractivity contribution in [1.29, 1.82) is 0 Å². The second-order valence-electron chi connectivity index (χ2n) is 3.62. The van der Waals surface area contributed by atoms with Crippen LogP contribution >= 0.6 is 12.2 Å². The van der Waals surface area contributed by atoms with Crippen LogP contribution < -0.4 is 5.69 Å². The number of ether oxygens (including phenoxy) is 1. The number of H-pyrrole nitrogens is 1. The van der Waals surface area contributed by atoms with Crippen LogP contribution in [-0.4, -0.2) is 54.8 Å². The zero-order valence-corrected chi connectivity index (χ0v) is 9.37. The van der Waals surface area contributed by atoms with E-state index in [1.807, 2.05) is 0 Å². The lowest BCUT2D eigenvalue weighted by molar-refractivity contribution is -0.0546. The van der Waals surface area contributed by atoms with E-state index in [-0.39, 0.29) is 4.77 Å². The number of rotatable bonds is 2. The third kappa shape index (κ3) is 2.15. The van der Waals surface area contributed by atoms with Gasteiger partial charge in [-0.1, -0.05) is 0 Å². The Labute approximate surface area is 100 Å². The molecule has 1 aromatic rings. The van der Waals surface area contributed by atoms with Gasteiger partial charge in [0.1, 0.15) is 24.6 Å². The van der Waals surface area contributed by atoms with E-state index in [9.17, 15) is 15.0 Å². The number of hydrogen-bond donors (Lipinski definition) is 4. The number of aromatic nitrogens is 3. The highest BCUT2D eigenvalue weighted by Crippen LogP contribution is 2.28. The fourth-order valence-corrected chi connectivity index (χ4v) is 1.88. The summed E-state index contributed by atoms with van der Waals surface area (Å²) in [4.78, 5) is 16.6. The first-order chi connectivity index (χ1) is 8.04. The van der Waals surface area contributed by atoms with Crippen molar-refractivity contribution in [3.8, 4) is 0 Å². The Kier molecular flexibility index (Phi) is 3.35. The molecule has 4 N–H and O–H groups in total. The monoisotopic (exact) mass is 261 g/mol. The molecule has 94 valence electrons. The van der Waals surface area contributed by atoms with E-state index < -0.39 is 36.8 Å². The quantitative estimate of drug-likeness (QED) is 0.450. The molecule has 0 bridgehead atoms. The van der Waals surface area contributed by atoms with Crippen LogP contribution in [0.5, 0.6) is 0 Å². The van der Waals surface area contributed by atoms with Gasteiger partial charge in [0.15, 0.2) is 11.0 Å². The maximum Gasteiger partial charge on any atom is 0.348 e. The first-order valence-corrected chi connectivity index (χ1v) is 5.25. The summed E-state index contributed by atoms with van der Waals surface area (Å²) in [6, 6.07) is 0. The summed E-state index contributed by atoms with van der Waals surface area (Å²) in [5.74, 6) is 0. The van der Waals surface area contributed by atoms with E-state index >= 15 is 0 Å². The van der Waals surface area contributed by atoms with Crippen molar-refractivity contribution >= 4 is 12.2 Å². The molecule has 1 aromatic heterocycles. The van der Waals surface area contributed by atoms with Gasteiger partial charge in [-0.2, -0.15) is 4.98 Å². The molecule has 2 heterocycles. The zero-order valence-electron chi connectivity index (χ0n) is 8.55. The molecular weight excluding hydrogens is 250 g/mol. The van der Waals surface area contributed by atoms with E-state index in [0.29, 0.717) is 0 Å². The normalized spacial score (nSPS) is 32.9. The molecule has 17 heavy (non-hydrogen) atoms. The number of aromatic amines is 1. The highest BCUT2D eigenvalue weighted by molar-refractivity contribution is 7.71. The average molecular weight is 261 g/mol. The Bertz CT molecular complexity index is 514. The van der Waals surface area contributed by atoms with Crippen LogP contribution in [0.1, 0.15) is 6.23 Å². The van der Waals surface area contributed by atoms with Gasteiger partial charge in [0.25, 0.3) is 0 Å². The Hall–Kier alpha value is -1.13. The zero-order chi connectivity index (χ0) is 12.6. The minimum absolute atomic E-state index is 0.0137. The predicted octanol–water partition coefficient (Wildman–Crippen LogP) is -2.09. The van der Waals surface area contributed by atoms with Gasteiger partial charge >= 0.3 is 5.69 Å². The number of nitrogens with zero attached hydrogens (tertiary/aromatic N) is 2. The first kappa shape index (κ1) is 12.3. The minimum Gasteiger partial charge on any atom is -0.394 e. The summed E-state index contributed by atoms with van der Waals surface area (Å²) in [6.45, 7) is -0.432. The molecule has 0 spiro atoms. The van der Waals surface area contributed by atoms with Gasteiger partial charge in [0, 0.05) is 0 Å². The molecule has 0 radical (unpaired) electrons. The van der Waals surface area contributed by atoms with Crippen LogP contribution in [0.15, 0.2) is 11.1 Å². The van der Waals surface area contributed by atoms with Crippen molar-refractivity contribution in [3.63, 3.8) is 0 Å². The lowest BCUT2D eigenvalue weighted by Crippen LogP contribution is -2.33. The number of hydrogen-bond acceptors (Lipinski definition) is 7. The van der Waals surface area contributed by atoms with Crippen molar-refractivity contribution in [3.05, 3.63) is 21.6 Å². The maximum absolute atomic E-state index is 10.9. The smallest absolute Gasteiger partial charge is 0.348 e. The van der Waals surface area contributed by atoms with Crippen LogP contribution in [0, 0.1) is 4.77 Å². The molecule has 1 aliphatic heterocycles. The lowest BCUT2D eigenvalue weighted by atomic mass is 10.1. The Morgan fingerprint density at radius 1 is 1.53 bits per heavy atom. The average Bonchev–Trinajstić information content (AvgIpc) is 2.57. The minimum atomic E-state index is -1.26. The van der Waals surface area contributed by atoms with Gasteiger partial charge in [-0.05, 0) is 12.2 Å². The van der Waals surface area contributed by atoms with Crippen molar-refractivity contribution < 1.29 is 20.1 Å². The fraction of sp³-hybridized carbons (Fsp3) is 0.625. The SMILES string of the molecule is O=c1ncn([C@H]2O[C@@H](CO)C(O)C2O)c(=S)[nH]1. The molecule has 2 unspecified atom stereocenters. The molecule has 0 amide bonds. The molecule has 2 rings (SSSR count). The highest BCUT2D eigenvalue weighted by atomic mass is 32.1. The fourth-order valence-electron chi connectivity index (χ4n) is 1.65. The van der Waals surface area contributed by atoms with Gasteiger partial charge in [-0.3, -0.25) is 9.55 Å². The molecule has 9 heteroatoms. The summed E-state index contributed by atoms with van der Waals surface area (Å²) < 4.78 is 6.45. The van der Waals surface area contributed by atoms with Gasteiger partial charge < -0.3 is 20.1 Å². The van der Waals surface area contributed by atoms with Gasteiger partial charge in [-0.15, -0.1) is 0 Å². The summed E-state index contributed by atoms with van der Waals surface area (Å²) in [7, 11) is 0. The lowest BCUT2D eigenvalue weighted by Gasteiger charge is -2.17. The van der Waals surface area contributed by atoms with Crippen LogP contribution in [0.3, 0.4) is 0 Å². The van der Waals surface area contributed by atoms with Crippen LogP contribution in [-0.2, 0) is 4.74 Å².